The van der Waals surface area contributed by atoms with Gasteiger partial charge in [0.25, 0.3) is 0 Å². The highest BCUT2D eigenvalue weighted by atomic mass is 79.9. The van der Waals surface area contributed by atoms with Gasteiger partial charge in [0.15, 0.2) is 12.6 Å². The van der Waals surface area contributed by atoms with Crippen molar-refractivity contribution in [1.29, 1.82) is 0 Å². The number of hydrogen-bond donors (Lipinski definition) is 7. The lowest BCUT2D eigenvalue weighted by Crippen LogP contribution is -2.63. The van der Waals surface area contributed by atoms with E-state index in [1.54, 1.807) is 0 Å². The van der Waals surface area contributed by atoms with E-state index in [-0.39, 0.29) is 0 Å². The van der Waals surface area contributed by atoms with E-state index in [1.807, 2.05) is 0 Å². The molecule has 0 amide bonds. The molecule has 0 aliphatic carbocycles. The molecule has 2 aliphatic rings. The zero-order valence-electron chi connectivity index (χ0n) is 11.9. The Balaban J connectivity index is 2.11. The third-order valence-electron chi connectivity index (χ3n) is 3.94. The molecule has 0 radical (unpaired) electrons. The first-order chi connectivity index (χ1) is 10.8. The number of aliphatic hydroxyl groups excluding tert-OH is 7. The van der Waals surface area contributed by atoms with Gasteiger partial charge in [0.2, 0.25) is 0 Å². The largest absolute Gasteiger partial charge is 0.394 e. The van der Waals surface area contributed by atoms with Gasteiger partial charge in [0.05, 0.1) is 18.0 Å². The minimum absolute atomic E-state index is 0.577. The molecule has 0 bridgehead atoms. The summed E-state index contributed by atoms with van der Waals surface area (Å²) in [6, 6.07) is 0. The predicted octanol–water partition coefficient (Wildman–Crippen LogP) is -3.99. The summed E-state index contributed by atoms with van der Waals surface area (Å²) >= 11 is 3.08. The van der Waals surface area contributed by atoms with Crippen molar-refractivity contribution in [2.75, 3.05) is 13.2 Å². The van der Waals surface area contributed by atoms with Gasteiger partial charge < -0.3 is 50.0 Å². The average Bonchev–Trinajstić information content (AvgIpc) is 2.54. The van der Waals surface area contributed by atoms with E-state index >= 15 is 0 Å². The van der Waals surface area contributed by atoms with Gasteiger partial charge in [-0.15, -0.1) is 0 Å². The molecular formula is C12H21BrO10. The predicted molar refractivity (Wildman–Crippen MR) is 75.3 cm³/mol. The first-order valence-electron chi connectivity index (χ1n) is 7.04. The Hall–Kier alpha value is 0.0800. The summed E-state index contributed by atoms with van der Waals surface area (Å²) in [5.74, 6) is 0. The third kappa shape index (κ3) is 3.85. The van der Waals surface area contributed by atoms with Crippen LogP contribution in [0, 0.1) is 0 Å². The Morgan fingerprint density at radius 2 is 1.35 bits per heavy atom. The molecule has 2 fully saturated rings. The minimum atomic E-state index is -1.65. The smallest absolute Gasteiger partial charge is 0.187 e. The summed E-state index contributed by atoms with van der Waals surface area (Å²) < 4.78 is 15.6. The van der Waals surface area contributed by atoms with Crippen LogP contribution in [0.2, 0.25) is 0 Å². The van der Waals surface area contributed by atoms with Gasteiger partial charge >= 0.3 is 0 Å². The molecule has 11 heteroatoms. The Kier molecular flexibility index (Phi) is 6.73. The molecule has 8 unspecified atom stereocenters. The number of ether oxygens (including phenoxy) is 3. The van der Waals surface area contributed by atoms with Crippen molar-refractivity contribution in [3.8, 4) is 0 Å². The summed E-state index contributed by atoms with van der Waals surface area (Å²) in [5, 5.41) is 67.5. The number of rotatable bonds is 4. The van der Waals surface area contributed by atoms with Crippen LogP contribution in [0.5, 0.6) is 0 Å². The Morgan fingerprint density at radius 1 is 0.783 bits per heavy atom. The highest BCUT2D eigenvalue weighted by Gasteiger charge is 2.49. The van der Waals surface area contributed by atoms with Crippen LogP contribution in [0.3, 0.4) is 0 Å². The van der Waals surface area contributed by atoms with Crippen LogP contribution in [0.4, 0.5) is 0 Å². The molecule has 10 atom stereocenters. The molecule has 0 aromatic heterocycles. The van der Waals surface area contributed by atoms with Crippen LogP contribution < -0.4 is 0 Å². The van der Waals surface area contributed by atoms with Gasteiger partial charge in [0.1, 0.15) is 42.7 Å². The van der Waals surface area contributed by atoms with Crippen molar-refractivity contribution in [1.82, 2.24) is 0 Å². The Morgan fingerprint density at radius 3 is 1.91 bits per heavy atom. The van der Waals surface area contributed by atoms with Crippen LogP contribution in [0.25, 0.3) is 0 Å². The second kappa shape index (κ2) is 7.97. The van der Waals surface area contributed by atoms with Crippen LogP contribution in [0.15, 0.2) is 0 Å². The molecule has 2 heterocycles. The number of hydrogen-bond acceptors (Lipinski definition) is 10. The maximum absolute atomic E-state index is 10.1. The monoisotopic (exact) mass is 404 g/mol. The molecule has 2 rings (SSSR count). The lowest BCUT2D eigenvalue weighted by molar-refractivity contribution is -0.334. The van der Waals surface area contributed by atoms with Crippen LogP contribution in [0.1, 0.15) is 0 Å². The van der Waals surface area contributed by atoms with Crippen molar-refractivity contribution < 1.29 is 50.0 Å². The van der Waals surface area contributed by atoms with E-state index in [1.165, 1.54) is 0 Å². The lowest BCUT2D eigenvalue weighted by atomic mass is 9.98. The SMILES string of the molecule is OCC1OC(O)C(Br)C(OC2OC(CO)[C@H](O)C(O)C2O)[C@@H]1O. The second-order valence-corrected chi connectivity index (χ2v) is 6.54. The van der Waals surface area contributed by atoms with Crippen LogP contribution >= 0.6 is 15.9 Å². The highest BCUT2D eigenvalue weighted by molar-refractivity contribution is 9.09. The molecule has 7 N–H and O–H groups in total. The fourth-order valence-electron chi connectivity index (χ4n) is 2.54. The van der Waals surface area contributed by atoms with Gasteiger partial charge in [-0.1, -0.05) is 15.9 Å². The van der Waals surface area contributed by atoms with Gasteiger partial charge in [-0.05, 0) is 0 Å². The van der Waals surface area contributed by atoms with E-state index in [0.29, 0.717) is 0 Å². The number of alkyl halides is 1. The normalized spacial score (nSPS) is 51.7. The van der Waals surface area contributed by atoms with Crippen molar-refractivity contribution in [3.05, 3.63) is 0 Å². The second-order valence-electron chi connectivity index (χ2n) is 5.48. The molecule has 0 saturated carbocycles. The summed E-state index contributed by atoms with van der Waals surface area (Å²) in [6.07, 6.45) is -12.5. The summed E-state index contributed by atoms with van der Waals surface area (Å²) in [7, 11) is 0. The van der Waals surface area contributed by atoms with Crippen molar-refractivity contribution in [2.24, 2.45) is 0 Å². The molecule has 2 aliphatic heterocycles. The van der Waals surface area contributed by atoms with Crippen LogP contribution in [-0.4, -0.2) is 109 Å². The molecule has 2 saturated heterocycles. The molecule has 136 valence electrons. The molecule has 0 aromatic rings. The molecule has 0 spiro atoms. The molecule has 10 nitrogen and oxygen atoms in total. The first-order valence-corrected chi connectivity index (χ1v) is 7.95. The summed E-state index contributed by atoms with van der Waals surface area (Å²) in [5.41, 5.74) is 0. The van der Waals surface area contributed by atoms with Gasteiger partial charge in [-0.25, -0.2) is 0 Å². The summed E-state index contributed by atoms with van der Waals surface area (Å²) in [4.78, 5) is -0.910. The zero-order valence-corrected chi connectivity index (χ0v) is 13.5. The number of aliphatic hydroxyl groups is 7. The maximum atomic E-state index is 10.1. The average molecular weight is 405 g/mol. The van der Waals surface area contributed by atoms with E-state index < -0.39 is 73.3 Å². The van der Waals surface area contributed by atoms with Crippen molar-refractivity contribution in [3.63, 3.8) is 0 Å². The van der Waals surface area contributed by atoms with Crippen molar-refractivity contribution in [2.45, 2.75) is 60.1 Å². The fraction of sp³-hybridized carbons (Fsp3) is 1.00. The molecule has 23 heavy (non-hydrogen) atoms. The van der Waals surface area contributed by atoms with E-state index in [9.17, 15) is 25.5 Å². The topological polar surface area (TPSA) is 169 Å². The van der Waals surface area contributed by atoms with E-state index in [2.05, 4.69) is 15.9 Å². The maximum Gasteiger partial charge on any atom is 0.187 e. The fourth-order valence-corrected chi connectivity index (χ4v) is 3.10. The number of halogens is 1. The van der Waals surface area contributed by atoms with Gasteiger partial charge in [0, 0.05) is 0 Å². The minimum Gasteiger partial charge on any atom is -0.394 e. The Labute approximate surface area is 140 Å². The van der Waals surface area contributed by atoms with Gasteiger partial charge in [-0.3, -0.25) is 0 Å². The molecular weight excluding hydrogens is 384 g/mol. The van der Waals surface area contributed by atoms with Crippen LogP contribution in [-0.2, 0) is 14.2 Å². The van der Waals surface area contributed by atoms with Gasteiger partial charge in [-0.2, -0.15) is 0 Å². The highest BCUT2D eigenvalue weighted by Crippen LogP contribution is 2.31. The Bertz CT molecular complexity index is 385. The zero-order chi connectivity index (χ0) is 17.3. The lowest BCUT2D eigenvalue weighted by Gasteiger charge is -2.45. The molecule has 0 aromatic carbocycles. The third-order valence-corrected chi connectivity index (χ3v) is 4.91. The quantitative estimate of drug-likeness (QED) is 0.229. The standard InChI is InChI=1S/C12H21BrO10/c13-5-10(7(17)4(2-15)21-11(5)20)23-12-9(19)8(18)6(16)3(1-14)22-12/h3-12,14-20H,1-2H2/t3?,4?,5?,6-,7+,8?,9?,10?,11?,12?/m0/s1. The first kappa shape index (κ1) is 19.4. The summed E-state index contributed by atoms with van der Waals surface area (Å²) in [6.45, 7) is -1.20. The van der Waals surface area contributed by atoms with E-state index in [4.69, 9.17) is 24.4 Å². The van der Waals surface area contributed by atoms with Crippen molar-refractivity contribution >= 4 is 15.9 Å². The van der Waals surface area contributed by atoms with E-state index in [0.717, 1.165) is 0 Å².